The van der Waals surface area contributed by atoms with Crippen molar-refractivity contribution in [2.45, 2.75) is 32.4 Å². The van der Waals surface area contributed by atoms with Gasteiger partial charge in [0.25, 0.3) is 11.7 Å². The fraction of sp³-hybridized carbons (Fsp3) is 0.360. The molecule has 0 aliphatic carbocycles. The molecule has 0 saturated carbocycles. The van der Waals surface area contributed by atoms with Gasteiger partial charge in [0.2, 0.25) is 0 Å². The summed E-state index contributed by atoms with van der Waals surface area (Å²) in [4.78, 5) is 27.4. The van der Waals surface area contributed by atoms with Crippen LogP contribution in [0.1, 0.15) is 37.4 Å². The molecule has 0 radical (unpaired) electrons. The highest BCUT2D eigenvalue weighted by Crippen LogP contribution is 2.41. The predicted molar refractivity (Wildman–Crippen MR) is 122 cm³/mol. The number of aromatic hydroxyl groups is 1. The van der Waals surface area contributed by atoms with Crippen molar-refractivity contribution in [1.29, 1.82) is 0 Å². The number of nitrogens with zero attached hydrogens (tertiary/aromatic N) is 1. The molecule has 0 aromatic heterocycles. The first-order chi connectivity index (χ1) is 15.8. The van der Waals surface area contributed by atoms with Crippen LogP contribution < -0.4 is 9.47 Å². The number of ketones is 1. The minimum absolute atomic E-state index is 0.00801. The average molecular weight is 456 g/mol. The summed E-state index contributed by atoms with van der Waals surface area (Å²) in [5.41, 5.74) is 0.891. The molecule has 1 amide bonds. The van der Waals surface area contributed by atoms with Crippen molar-refractivity contribution in [3.05, 3.63) is 59.2 Å². The van der Waals surface area contributed by atoms with Gasteiger partial charge in [-0.1, -0.05) is 6.07 Å². The fourth-order valence-corrected chi connectivity index (χ4v) is 3.82. The molecule has 0 bridgehead atoms. The van der Waals surface area contributed by atoms with Gasteiger partial charge in [-0.25, -0.2) is 0 Å². The molecule has 8 nitrogen and oxygen atoms in total. The SMILES string of the molecule is COCCCN1C(=O)C(=O)/C(=C(/O)c2ccc(OC(C)C)cc2)[C@H]1c1ccc(O)c(OC)c1. The summed E-state index contributed by atoms with van der Waals surface area (Å²) < 4.78 is 15.9. The van der Waals surface area contributed by atoms with Crippen LogP contribution in [0, 0.1) is 0 Å². The van der Waals surface area contributed by atoms with Crippen LogP contribution in [-0.2, 0) is 14.3 Å². The first-order valence-electron chi connectivity index (χ1n) is 10.7. The van der Waals surface area contributed by atoms with Crippen molar-refractivity contribution < 1.29 is 34.0 Å². The molecular weight excluding hydrogens is 426 g/mol. The maximum Gasteiger partial charge on any atom is 0.295 e. The average Bonchev–Trinajstić information content (AvgIpc) is 3.04. The number of amides is 1. The van der Waals surface area contributed by atoms with Crippen molar-refractivity contribution in [2.24, 2.45) is 0 Å². The number of phenolic OH excluding ortho intramolecular Hbond substituents is 1. The van der Waals surface area contributed by atoms with E-state index in [9.17, 15) is 19.8 Å². The van der Waals surface area contributed by atoms with Crippen molar-refractivity contribution >= 4 is 17.4 Å². The molecule has 1 aliphatic heterocycles. The van der Waals surface area contributed by atoms with Gasteiger partial charge in [0.15, 0.2) is 11.5 Å². The Hall–Kier alpha value is -3.52. The van der Waals surface area contributed by atoms with E-state index in [-0.39, 0.29) is 35.5 Å². The highest BCUT2D eigenvalue weighted by Gasteiger charge is 2.46. The Labute approximate surface area is 193 Å². The van der Waals surface area contributed by atoms with Gasteiger partial charge in [-0.15, -0.1) is 0 Å². The zero-order chi connectivity index (χ0) is 24.1. The van der Waals surface area contributed by atoms with Crippen molar-refractivity contribution in [1.82, 2.24) is 4.90 Å². The van der Waals surface area contributed by atoms with Gasteiger partial charge in [0, 0.05) is 25.8 Å². The molecule has 1 saturated heterocycles. The molecule has 2 N–H and O–H groups in total. The van der Waals surface area contributed by atoms with Gasteiger partial charge in [-0.3, -0.25) is 9.59 Å². The summed E-state index contributed by atoms with van der Waals surface area (Å²) in [6, 6.07) is 10.4. The standard InChI is InChI=1S/C25H29NO7/c1-15(2)33-18-9-6-16(7-10-18)23(28)21-22(17-8-11-19(27)20(14-17)32-4)26(12-5-13-31-3)25(30)24(21)29/h6-11,14-15,22,27-28H,5,12-13H2,1-4H3/b23-21+/t22-/m1/s1. The van der Waals surface area contributed by atoms with Gasteiger partial charge in [-0.05, 0) is 62.2 Å². The molecule has 2 aromatic carbocycles. The van der Waals surface area contributed by atoms with E-state index in [0.717, 1.165) is 0 Å². The molecule has 1 atom stereocenters. The van der Waals surface area contributed by atoms with Crippen LogP contribution >= 0.6 is 0 Å². The fourth-order valence-electron chi connectivity index (χ4n) is 3.82. The number of rotatable bonds is 9. The zero-order valence-electron chi connectivity index (χ0n) is 19.2. The second-order valence-corrected chi connectivity index (χ2v) is 7.96. The molecule has 0 spiro atoms. The molecule has 3 rings (SSSR count). The van der Waals surface area contributed by atoms with E-state index in [4.69, 9.17) is 14.2 Å². The quantitative estimate of drug-likeness (QED) is 0.257. The number of ether oxygens (including phenoxy) is 3. The van der Waals surface area contributed by atoms with Gasteiger partial charge in [0.1, 0.15) is 11.5 Å². The Morgan fingerprint density at radius 2 is 1.79 bits per heavy atom. The van der Waals surface area contributed by atoms with Crippen molar-refractivity contribution in [3.8, 4) is 17.2 Å². The van der Waals surface area contributed by atoms with Crippen LogP contribution in [0.4, 0.5) is 0 Å². The molecule has 176 valence electrons. The Morgan fingerprint density at radius 3 is 2.39 bits per heavy atom. The molecule has 0 unspecified atom stereocenters. The second-order valence-electron chi connectivity index (χ2n) is 7.96. The number of hydrogen-bond donors (Lipinski definition) is 2. The Balaban J connectivity index is 2.09. The van der Waals surface area contributed by atoms with Crippen molar-refractivity contribution in [3.63, 3.8) is 0 Å². The number of benzene rings is 2. The lowest BCUT2D eigenvalue weighted by Gasteiger charge is -2.25. The van der Waals surface area contributed by atoms with E-state index >= 15 is 0 Å². The molecule has 33 heavy (non-hydrogen) atoms. The number of methoxy groups -OCH3 is 2. The highest BCUT2D eigenvalue weighted by molar-refractivity contribution is 6.46. The normalized spacial score (nSPS) is 17.6. The second kappa shape index (κ2) is 10.4. The van der Waals surface area contributed by atoms with Gasteiger partial charge >= 0.3 is 0 Å². The maximum absolute atomic E-state index is 13.0. The number of Topliss-reactive ketones (excluding diaryl/α,β-unsaturated/α-hetero) is 1. The van der Waals surface area contributed by atoms with E-state index in [1.807, 2.05) is 13.8 Å². The smallest absolute Gasteiger partial charge is 0.295 e. The summed E-state index contributed by atoms with van der Waals surface area (Å²) >= 11 is 0. The number of carbonyl (C=O) groups excluding carboxylic acids is 2. The summed E-state index contributed by atoms with van der Waals surface area (Å²) in [6.45, 7) is 4.48. The minimum atomic E-state index is -0.844. The largest absolute Gasteiger partial charge is 0.507 e. The van der Waals surface area contributed by atoms with Gasteiger partial charge in [-0.2, -0.15) is 0 Å². The lowest BCUT2D eigenvalue weighted by Crippen LogP contribution is -2.31. The Bertz CT molecular complexity index is 1040. The summed E-state index contributed by atoms with van der Waals surface area (Å²) in [6.07, 6.45) is 0.502. The molecule has 1 heterocycles. The summed E-state index contributed by atoms with van der Waals surface area (Å²) in [5, 5.41) is 21.1. The monoisotopic (exact) mass is 455 g/mol. The minimum Gasteiger partial charge on any atom is -0.507 e. The lowest BCUT2D eigenvalue weighted by molar-refractivity contribution is -0.140. The molecule has 1 fully saturated rings. The third kappa shape index (κ3) is 5.12. The number of phenols is 1. The predicted octanol–water partition coefficient (Wildman–Crippen LogP) is 3.65. The molecule has 1 aliphatic rings. The number of likely N-dealkylation sites (tertiary alicyclic amines) is 1. The highest BCUT2D eigenvalue weighted by atomic mass is 16.5. The first kappa shape index (κ1) is 24.1. The number of carbonyl (C=O) groups is 2. The zero-order valence-corrected chi connectivity index (χ0v) is 19.2. The van der Waals surface area contributed by atoms with Crippen LogP contribution in [0.2, 0.25) is 0 Å². The van der Waals surface area contributed by atoms with Crippen LogP contribution in [0.5, 0.6) is 17.2 Å². The molecule has 2 aromatic rings. The van der Waals surface area contributed by atoms with Gasteiger partial charge < -0.3 is 29.3 Å². The van der Waals surface area contributed by atoms with E-state index < -0.39 is 17.7 Å². The summed E-state index contributed by atoms with van der Waals surface area (Å²) in [7, 11) is 2.97. The van der Waals surface area contributed by atoms with E-state index in [1.54, 1.807) is 43.5 Å². The molecular formula is C25H29NO7. The maximum atomic E-state index is 13.0. The summed E-state index contributed by atoms with van der Waals surface area (Å²) in [5.74, 6) is -1.01. The van der Waals surface area contributed by atoms with E-state index in [1.165, 1.54) is 18.1 Å². The topological polar surface area (TPSA) is 106 Å². The van der Waals surface area contributed by atoms with Crippen molar-refractivity contribution in [2.75, 3.05) is 27.4 Å². The Kier molecular flexibility index (Phi) is 7.60. The lowest BCUT2D eigenvalue weighted by atomic mass is 9.95. The third-order valence-electron chi connectivity index (χ3n) is 5.31. The van der Waals surface area contributed by atoms with Crippen LogP contribution in [0.25, 0.3) is 5.76 Å². The number of aliphatic hydroxyl groups is 1. The van der Waals surface area contributed by atoms with Crippen LogP contribution in [0.3, 0.4) is 0 Å². The van der Waals surface area contributed by atoms with Gasteiger partial charge in [0.05, 0.1) is 24.8 Å². The Morgan fingerprint density at radius 1 is 1.09 bits per heavy atom. The third-order valence-corrected chi connectivity index (χ3v) is 5.31. The molecule has 8 heteroatoms. The first-order valence-corrected chi connectivity index (χ1v) is 10.7. The van der Waals surface area contributed by atoms with E-state index in [0.29, 0.717) is 29.9 Å². The van der Waals surface area contributed by atoms with Crippen LogP contribution in [0.15, 0.2) is 48.0 Å². The number of aliphatic hydroxyl groups excluding tert-OH is 1. The van der Waals surface area contributed by atoms with Crippen LogP contribution in [-0.4, -0.2) is 60.3 Å². The number of hydrogen-bond acceptors (Lipinski definition) is 7. The van der Waals surface area contributed by atoms with E-state index in [2.05, 4.69) is 0 Å².